The number of carbonyl (C=O) groups excluding carboxylic acids is 1. The lowest BCUT2D eigenvalue weighted by Gasteiger charge is -2.43. The summed E-state index contributed by atoms with van der Waals surface area (Å²) in [5.41, 5.74) is 1.87. The molecule has 1 amide bonds. The number of aliphatic hydroxyl groups excluding tert-OH is 1. The van der Waals surface area contributed by atoms with Crippen molar-refractivity contribution in [2.75, 3.05) is 26.2 Å². The topological polar surface area (TPSA) is 74.0 Å². The normalized spacial score (nSPS) is 19.1. The first-order valence-corrected chi connectivity index (χ1v) is 13.9. The molecule has 1 aliphatic carbocycles. The Hall–Kier alpha value is -3.76. The van der Waals surface area contributed by atoms with E-state index in [1.807, 2.05) is 61.5 Å². The third kappa shape index (κ3) is 5.10. The molecule has 1 saturated heterocycles. The van der Waals surface area contributed by atoms with Gasteiger partial charge < -0.3 is 10.0 Å². The summed E-state index contributed by atoms with van der Waals surface area (Å²) in [7, 11) is 0. The standard InChI is InChI=1S/C31H32F3N5O2/c1-19-17-37(26(18-40)23-6-4-3-5-7-23)14-15-38(19)30(41)25-16-35-39-28(31(32,33)34)20(2)27(36-29(25)39)24-12-10-22(11-13-24)21-8-9-21/h3-7,10-13,16,19,21,26,40H,8-9,14-15,17-18H2,1-2H3/t19-,26+/m1/s1. The van der Waals surface area contributed by atoms with Gasteiger partial charge in [0.1, 0.15) is 5.56 Å². The molecule has 6 rings (SSSR count). The molecule has 2 aromatic carbocycles. The average molecular weight is 564 g/mol. The maximum atomic E-state index is 14.4. The number of nitrogens with zero attached hydrogens (tertiary/aromatic N) is 5. The number of piperazine rings is 1. The average Bonchev–Trinajstić information content (AvgIpc) is 3.72. The molecule has 2 aliphatic rings. The van der Waals surface area contributed by atoms with Gasteiger partial charge in [-0.15, -0.1) is 0 Å². The first-order valence-electron chi connectivity index (χ1n) is 13.9. The predicted molar refractivity (Wildman–Crippen MR) is 148 cm³/mol. The summed E-state index contributed by atoms with van der Waals surface area (Å²) in [5, 5.41) is 14.1. The van der Waals surface area contributed by atoms with E-state index in [1.165, 1.54) is 18.7 Å². The molecule has 2 atom stereocenters. The Labute approximate surface area is 236 Å². The molecule has 214 valence electrons. The van der Waals surface area contributed by atoms with E-state index in [0.717, 1.165) is 22.9 Å². The highest BCUT2D eigenvalue weighted by Crippen LogP contribution is 2.41. The molecule has 3 heterocycles. The number of halogens is 3. The number of carbonyl (C=O) groups is 1. The summed E-state index contributed by atoms with van der Waals surface area (Å²) in [6.07, 6.45) is -1.25. The Morgan fingerprint density at radius 1 is 1.07 bits per heavy atom. The van der Waals surface area contributed by atoms with Crippen LogP contribution in [0, 0.1) is 6.92 Å². The van der Waals surface area contributed by atoms with Gasteiger partial charge in [-0.1, -0.05) is 54.6 Å². The monoisotopic (exact) mass is 563 g/mol. The van der Waals surface area contributed by atoms with Crippen molar-refractivity contribution in [3.8, 4) is 11.3 Å². The first kappa shape index (κ1) is 27.4. The smallest absolute Gasteiger partial charge is 0.394 e. The molecule has 1 saturated carbocycles. The van der Waals surface area contributed by atoms with Crippen LogP contribution in [0.2, 0.25) is 0 Å². The van der Waals surface area contributed by atoms with E-state index >= 15 is 0 Å². The molecule has 2 fully saturated rings. The van der Waals surface area contributed by atoms with Crippen molar-refractivity contribution in [1.29, 1.82) is 0 Å². The van der Waals surface area contributed by atoms with E-state index in [-0.39, 0.29) is 41.2 Å². The maximum absolute atomic E-state index is 14.4. The fourth-order valence-corrected chi connectivity index (χ4v) is 6.00. The van der Waals surface area contributed by atoms with E-state index in [4.69, 9.17) is 0 Å². The van der Waals surface area contributed by atoms with E-state index in [0.29, 0.717) is 31.1 Å². The van der Waals surface area contributed by atoms with Crippen LogP contribution >= 0.6 is 0 Å². The highest BCUT2D eigenvalue weighted by molar-refractivity contribution is 6.00. The molecular weight excluding hydrogens is 531 g/mol. The minimum absolute atomic E-state index is 0.0356. The van der Waals surface area contributed by atoms with Crippen molar-refractivity contribution >= 4 is 11.6 Å². The van der Waals surface area contributed by atoms with Gasteiger partial charge in [0, 0.05) is 36.8 Å². The Kier molecular flexibility index (Phi) is 7.07. The zero-order valence-electron chi connectivity index (χ0n) is 23.0. The van der Waals surface area contributed by atoms with Crippen LogP contribution in [0.1, 0.15) is 64.5 Å². The lowest BCUT2D eigenvalue weighted by Crippen LogP contribution is -2.55. The highest BCUT2D eigenvalue weighted by atomic mass is 19.4. The molecule has 0 unspecified atom stereocenters. The van der Waals surface area contributed by atoms with Crippen molar-refractivity contribution in [2.24, 2.45) is 0 Å². The second-order valence-corrected chi connectivity index (χ2v) is 11.1. The van der Waals surface area contributed by atoms with Crippen molar-refractivity contribution < 1.29 is 23.1 Å². The van der Waals surface area contributed by atoms with Gasteiger partial charge in [-0.25, -0.2) is 9.50 Å². The number of amides is 1. The number of benzene rings is 2. The zero-order valence-corrected chi connectivity index (χ0v) is 23.0. The van der Waals surface area contributed by atoms with Crippen LogP contribution in [0.25, 0.3) is 16.9 Å². The summed E-state index contributed by atoms with van der Waals surface area (Å²) in [4.78, 5) is 22.2. The van der Waals surface area contributed by atoms with Crippen LogP contribution in [-0.4, -0.2) is 67.7 Å². The SMILES string of the molecule is Cc1c(-c2ccc(C3CC3)cc2)nc2c(C(=O)N3CCN([C@@H](CO)c4ccccc4)C[C@H]3C)cnn2c1C(F)(F)F. The highest BCUT2D eigenvalue weighted by Gasteiger charge is 2.40. The number of fused-ring (bicyclic) bond motifs is 1. The second kappa shape index (κ2) is 10.6. The lowest BCUT2D eigenvalue weighted by atomic mass is 10.0. The fourth-order valence-electron chi connectivity index (χ4n) is 6.00. The van der Waals surface area contributed by atoms with E-state index < -0.39 is 17.8 Å². The van der Waals surface area contributed by atoms with Crippen molar-refractivity contribution in [3.63, 3.8) is 0 Å². The van der Waals surface area contributed by atoms with Crippen molar-refractivity contribution in [1.82, 2.24) is 24.4 Å². The summed E-state index contributed by atoms with van der Waals surface area (Å²) in [6.45, 7) is 4.61. The minimum Gasteiger partial charge on any atom is -0.394 e. The molecule has 7 nitrogen and oxygen atoms in total. The zero-order chi connectivity index (χ0) is 28.9. The molecule has 1 N–H and O–H groups in total. The Balaban J connectivity index is 1.33. The fraction of sp³-hybridized carbons (Fsp3) is 0.387. The van der Waals surface area contributed by atoms with Gasteiger partial charge >= 0.3 is 6.18 Å². The molecule has 10 heteroatoms. The number of hydrogen-bond donors (Lipinski definition) is 1. The second-order valence-electron chi connectivity index (χ2n) is 11.1. The van der Waals surface area contributed by atoms with Crippen LogP contribution in [0.15, 0.2) is 60.8 Å². The third-order valence-corrected chi connectivity index (χ3v) is 8.33. The van der Waals surface area contributed by atoms with Crippen LogP contribution < -0.4 is 0 Å². The van der Waals surface area contributed by atoms with Crippen molar-refractivity contribution in [2.45, 2.75) is 50.9 Å². The van der Waals surface area contributed by atoms with Gasteiger partial charge in [-0.05, 0) is 43.7 Å². The summed E-state index contributed by atoms with van der Waals surface area (Å²) in [5.74, 6) is 0.111. The van der Waals surface area contributed by atoms with Gasteiger partial charge in [0.2, 0.25) is 0 Å². The third-order valence-electron chi connectivity index (χ3n) is 8.33. The van der Waals surface area contributed by atoms with Crippen LogP contribution in [0.5, 0.6) is 0 Å². The largest absolute Gasteiger partial charge is 0.433 e. The van der Waals surface area contributed by atoms with E-state index in [9.17, 15) is 23.1 Å². The number of aromatic nitrogens is 3. The molecular formula is C31H32F3N5O2. The maximum Gasteiger partial charge on any atom is 0.433 e. The van der Waals surface area contributed by atoms with Gasteiger partial charge in [-0.2, -0.15) is 18.3 Å². The molecule has 2 aromatic heterocycles. The van der Waals surface area contributed by atoms with Gasteiger partial charge in [0.15, 0.2) is 11.3 Å². The Bertz CT molecular complexity index is 1560. The molecule has 0 radical (unpaired) electrons. The summed E-state index contributed by atoms with van der Waals surface area (Å²) >= 11 is 0. The van der Waals surface area contributed by atoms with Gasteiger partial charge in [-0.3, -0.25) is 9.69 Å². The predicted octanol–water partition coefficient (Wildman–Crippen LogP) is 5.48. The Morgan fingerprint density at radius 2 is 1.78 bits per heavy atom. The van der Waals surface area contributed by atoms with E-state index in [1.54, 1.807) is 4.90 Å². The number of hydrogen-bond acceptors (Lipinski definition) is 5. The lowest BCUT2D eigenvalue weighted by molar-refractivity contribution is -0.143. The van der Waals surface area contributed by atoms with Crippen LogP contribution in [0.4, 0.5) is 13.2 Å². The van der Waals surface area contributed by atoms with Crippen molar-refractivity contribution in [3.05, 3.63) is 88.7 Å². The molecule has 41 heavy (non-hydrogen) atoms. The minimum atomic E-state index is -4.70. The van der Waals surface area contributed by atoms with E-state index in [2.05, 4.69) is 15.0 Å². The molecule has 0 spiro atoms. The molecule has 4 aromatic rings. The molecule has 1 aliphatic heterocycles. The summed E-state index contributed by atoms with van der Waals surface area (Å²) in [6, 6.07) is 16.8. The summed E-state index contributed by atoms with van der Waals surface area (Å²) < 4.78 is 43.8. The molecule has 0 bridgehead atoms. The Morgan fingerprint density at radius 3 is 2.39 bits per heavy atom. The number of aliphatic hydroxyl groups is 1. The van der Waals surface area contributed by atoms with Gasteiger partial charge in [0.05, 0.1) is 24.5 Å². The van der Waals surface area contributed by atoms with Crippen LogP contribution in [-0.2, 0) is 6.18 Å². The first-order chi connectivity index (χ1) is 19.7. The van der Waals surface area contributed by atoms with Crippen LogP contribution in [0.3, 0.4) is 0 Å². The quantitative estimate of drug-likeness (QED) is 0.336. The number of rotatable bonds is 6. The van der Waals surface area contributed by atoms with Gasteiger partial charge in [0.25, 0.3) is 5.91 Å². The number of alkyl halides is 3.